The molecule has 2 heterocycles. The first-order chi connectivity index (χ1) is 8.83. The maximum atomic E-state index is 5.40. The van der Waals surface area contributed by atoms with Crippen molar-refractivity contribution in [3.63, 3.8) is 0 Å². The molecule has 104 valence electrons. The normalized spacial score (nSPS) is 16.7. The fourth-order valence-electron chi connectivity index (χ4n) is 2.04. The summed E-state index contributed by atoms with van der Waals surface area (Å²) in [6, 6.07) is 5.75. The molecule has 1 saturated heterocycles. The van der Waals surface area contributed by atoms with Crippen LogP contribution < -0.4 is 20.1 Å². The Hall–Kier alpha value is -1.24. The molecule has 5 nitrogen and oxygen atoms in total. The van der Waals surface area contributed by atoms with E-state index in [1.54, 1.807) is 0 Å². The number of ether oxygens (including phenoxy) is 2. The van der Waals surface area contributed by atoms with Gasteiger partial charge in [-0.15, -0.1) is 12.4 Å². The van der Waals surface area contributed by atoms with Gasteiger partial charge in [-0.1, -0.05) is 0 Å². The summed E-state index contributed by atoms with van der Waals surface area (Å²) in [5.74, 6) is 1.55. The second-order valence-electron chi connectivity index (χ2n) is 4.24. The third-order valence-corrected chi connectivity index (χ3v) is 3.39. The van der Waals surface area contributed by atoms with Gasteiger partial charge >= 0.3 is 0 Å². The Labute approximate surface area is 123 Å². The van der Waals surface area contributed by atoms with Gasteiger partial charge in [-0.25, -0.2) is 0 Å². The number of rotatable bonds is 1. The predicted octanol–water partition coefficient (Wildman–Crippen LogP) is 1.44. The lowest BCUT2D eigenvalue weighted by molar-refractivity contribution is 0.174. The van der Waals surface area contributed by atoms with Gasteiger partial charge in [-0.3, -0.25) is 0 Å². The van der Waals surface area contributed by atoms with Gasteiger partial charge in [0.1, 0.15) is 0 Å². The predicted molar refractivity (Wildman–Crippen MR) is 80.5 cm³/mol. The summed E-state index contributed by atoms with van der Waals surface area (Å²) in [6.07, 6.45) is 0. The van der Waals surface area contributed by atoms with Gasteiger partial charge in [0.15, 0.2) is 16.6 Å². The molecule has 0 atom stereocenters. The zero-order valence-electron chi connectivity index (χ0n) is 10.3. The number of nitrogens with one attached hydrogen (secondary N) is 2. The number of benzene rings is 1. The van der Waals surface area contributed by atoms with Crippen molar-refractivity contribution in [1.29, 1.82) is 0 Å². The van der Waals surface area contributed by atoms with Crippen molar-refractivity contribution in [2.45, 2.75) is 0 Å². The summed E-state index contributed by atoms with van der Waals surface area (Å²) >= 11 is 5.40. The summed E-state index contributed by atoms with van der Waals surface area (Å²) in [4.78, 5) is 2.16. The average molecular weight is 302 g/mol. The summed E-state index contributed by atoms with van der Waals surface area (Å²) in [5, 5.41) is 7.30. The van der Waals surface area contributed by atoms with Gasteiger partial charge in [0, 0.05) is 37.9 Å². The number of halogens is 1. The molecule has 3 rings (SSSR count). The molecule has 19 heavy (non-hydrogen) atoms. The van der Waals surface area contributed by atoms with Gasteiger partial charge < -0.3 is 25.0 Å². The molecular weight excluding hydrogens is 286 g/mol. The van der Waals surface area contributed by atoms with Crippen molar-refractivity contribution in [2.24, 2.45) is 0 Å². The van der Waals surface area contributed by atoms with Gasteiger partial charge in [-0.2, -0.15) is 0 Å². The molecule has 2 N–H and O–H groups in total. The maximum Gasteiger partial charge on any atom is 0.231 e. The fraction of sp³-hybridized carbons (Fsp3) is 0.417. The van der Waals surface area contributed by atoms with Crippen LogP contribution in [0.5, 0.6) is 11.5 Å². The Bertz CT molecular complexity index is 466. The highest BCUT2D eigenvalue weighted by atomic mass is 35.5. The smallest absolute Gasteiger partial charge is 0.231 e. The molecule has 0 saturated carbocycles. The maximum absolute atomic E-state index is 5.40. The molecule has 2 aliphatic heterocycles. The number of fused-ring (bicyclic) bond motifs is 1. The molecule has 2 aliphatic rings. The van der Waals surface area contributed by atoms with Crippen LogP contribution in [0, 0.1) is 0 Å². The van der Waals surface area contributed by atoms with Gasteiger partial charge in [0.05, 0.1) is 0 Å². The van der Waals surface area contributed by atoms with Gasteiger partial charge in [-0.05, 0) is 24.4 Å². The number of nitrogens with zero attached hydrogens (tertiary/aromatic N) is 1. The van der Waals surface area contributed by atoms with Gasteiger partial charge in [0.25, 0.3) is 0 Å². The minimum absolute atomic E-state index is 0. The lowest BCUT2D eigenvalue weighted by Crippen LogP contribution is -2.47. The van der Waals surface area contributed by atoms with Crippen LogP contribution in [0.15, 0.2) is 18.2 Å². The highest BCUT2D eigenvalue weighted by Gasteiger charge is 2.16. The van der Waals surface area contributed by atoms with E-state index in [1.165, 1.54) is 0 Å². The van der Waals surface area contributed by atoms with Crippen molar-refractivity contribution in [1.82, 2.24) is 10.2 Å². The van der Waals surface area contributed by atoms with E-state index >= 15 is 0 Å². The van der Waals surface area contributed by atoms with E-state index in [2.05, 4.69) is 15.5 Å². The fourth-order valence-corrected chi connectivity index (χ4v) is 2.35. The Kier molecular flexibility index (Phi) is 4.68. The third kappa shape index (κ3) is 3.20. The largest absolute Gasteiger partial charge is 0.454 e. The van der Waals surface area contributed by atoms with E-state index < -0.39 is 0 Å². The number of piperazine rings is 1. The van der Waals surface area contributed by atoms with E-state index in [-0.39, 0.29) is 12.4 Å². The van der Waals surface area contributed by atoms with Crippen molar-refractivity contribution in [2.75, 3.05) is 38.3 Å². The standard InChI is InChI=1S/C12H15N3O2S.ClH/c18-12(15-5-3-13-4-6-15)14-9-1-2-10-11(7-9)17-8-16-10;/h1-2,7,13H,3-6,8H2,(H,14,18);1H. The van der Waals surface area contributed by atoms with Crippen LogP contribution in [0.2, 0.25) is 0 Å². The molecule has 1 aromatic rings. The van der Waals surface area contributed by atoms with E-state index in [0.717, 1.165) is 48.5 Å². The highest BCUT2D eigenvalue weighted by molar-refractivity contribution is 7.80. The molecule has 1 fully saturated rings. The summed E-state index contributed by atoms with van der Waals surface area (Å²) < 4.78 is 10.6. The molecule has 0 aromatic heterocycles. The van der Waals surface area contributed by atoms with Crippen LogP contribution in [0.3, 0.4) is 0 Å². The van der Waals surface area contributed by atoms with Crippen LogP contribution in [0.4, 0.5) is 5.69 Å². The topological polar surface area (TPSA) is 45.8 Å². The van der Waals surface area contributed by atoms with Crippen molar-refractivity contribution >= 4 is 35.4 Å². The lowest BCUT2D eigenvalue weighted by Gasteiger charge is -2.29. The summed E-state index contributed by atoms with van der Waals surface area (Å²) in [5.41, 5.74) is 0.933. The SMILES string of the molecule is Cl.S=C(Nc1ccc2c(c1)OCO2)N1CCNCC1. The van der Waals surface area contributed by atoms with Crippen molar-refractivity contribution in [3.05, 3.63) is 18.2 Å². The first-order valence-electron chi connectivity index (χ1n) is 5.99. The minimum Gasteiger partial charge on any atom is -0.454 e. The second-order valence-corrected chi connectivity index (χ2v) is 4.62. The quantitative estimate of drug-likeness (QED) is 0.766. The first-order valence-corrected chi connectivity index (χ1v) is 6.40. The summed E-state index contributed by atoms with van der Waals surface area (Å²) in [7, 11) is 0. The molecule has 0 spiro atoms. The molecule has 7 heteroatoms. The van der Waals surface area contributed by atoms with Crippen LogP contribution in [-0.4, -0.2) is 43.0 Å². The van der Waals surface area contributed by atoms with Crippen LogP contribution >= 0.6 is 24.6 Å². The van der Waals surface area contributed by atoms with E-state index in [4.69, 9.17) is 21.7 Å². The Morgan fingerprint density at radius 1 is 1.21 bits per heavy atom. The van der Waals surface area contributed by atoms with E-state index in [0.29, 0.717) is 6.79 Å². The van der Waals surface area contributed by atoms with Gasteiger partial charge in [0.2, 0.25) is 6.79 Å². The van der Waals surface area contributed by atoms with E-state index in [9.17, 15) is 0 Å². The van der Waals surface area contributed by atoms with Crippen molar-refractivity contribution in [3.8, 4) is 11.5 Å². The average Bonchev–Trinajstić information content (AvgIpc) is 2.87. The third-order valence-electron chi connectivity index (χ3n) is 3.03. The minimum atomic E-state index is 0. The Balaban J connectivity index is 0.00000133. The monoisotopic (exact) mass is 301 g/mol. The first kappa shape index (κ1) is 14.2. The molecular formula is C12H16ClN3O2S. The molecule has 0 unspecified atom stereocenters. The lowest BCUT2D eigenvalue weighted by atomic mass is 10.3. The molecule has 0 aliphatic carbocycles. The van der Waals surface area contributed by atoms with Crippen LogP contribution in [-0.2, 0) is 0 Å². The molecule has 0 radical (unpaired) electrons. The zero-order valence-corrected chi connectivity index (χ0v) is 12.0. The summed E-state index contributed by atoms with van der Waals surface area (Å²) in [6.45, 7) is 4.12. The van der Waals surface area contributed by atoms with Crippen molar-refractivity contribution < 1.29 is 9.47 Å². The Morgan fingerprint density at radius 2 is 1.95 bits per heavy atom. The number of thiocarbonyl (C=S) groups is 1. The molecule has 0 amide bonds. The van der Waals surface area contributed by atoms with Crippen LogP contribution in [0.25, 0.3) is 0 Å². The second kappa shape index (κ2) is 6.27. The van der Waals surface area contributed by atoms with E-state index in [1.807, 2.05) is 18.2 Å². The number of anilines is 1. The number of hydrogen-bond donors (Lipinski definition) is 2. The Morgan fingerprint density at radius 3 is 2.74 bits per heavy atom. The van der Waals surface area contributed by atoms with Crippen LogP contribution in [0.1, 0.15) is 0 Å². The molecule has 0 bridgehead atoms. The number of hydrogen-bond acceptors (Lipinski definition) is 4. The zero-order chi connectivity index (χ0) is 12.4. The molecule has 1 aromatic carbocycles. The highest BCUT2D eigenvalue weighted by Crippen LogP contribution is 2.34.